The Morgan fingerprint density at radius 2 is 2.04 bits per heavy atom. The van der Waals surface area contributed by atoms with Gasteiger partial charge >= 0.3 is 0 Å². The van der Waals surface area contributed by atoms with Crippen LogP contribution < -0.4 is 5.32 Å². The first kappa shape index (κ1) is 17.7. The quantitative estimate of drug-likeness (QED) is 0.761. The highest BCUT2D eigenvalue weighted by Gasteiger charge is 2.26. The highest BCUT2D eigenvalue weighted by molar-refractivity contribution is 8.01. The van der Waals surface area contributed by atoms with Crippen LogP contribution in [0.25, 0.3) is 0 Å². The lowest BCUT2D eigenvalue weighted by Crippen LogP contribution is -2.51. The summed E-state index contributed by atoms with van der Waals surface area (Å²) in [6, 6.07) is 3.35. The third-order valence-electron chi connectivity index (χ3n) is 3.71. The van der Waals surface area contributed by atoms with Gasteiger partial charge in [0.15, 0.2) is 10.1 Å². The molecule has 1 aliphatic rings. The van der Waals surface area contributed by atoms with E-state index in [1.54, 1.807) is 21.9 Å². The predicted octanol–water partition coefficient (Wildman–Crippen LogP) is 1.64. The Balaban J connectivity index is 1.44. The molecule has 0 bridgehead atoms. The number of rotatable bonds is 6. The zero-order chi connectivity index (χ0) is 17.6. The lowest BCUT2D eigenvalue weighted by atomic mass is 10.3. The fourth-order valence-corrected chi connectivity index (χ4v) is 4.14. The number of nitrogens with zero attached hydrogens (tertiary/aromatic N) is 4. The van der Waals surface area contributed by atoms with Crippen LogP contribution in [0, 0.1) is 0 Å². The minimum Gasteiger partial charge on any atom is -0.459 e. The van der Waals surface area contributed by atoms with Gasteiger partial charge in [0.2, 0.25) is 11.0 Å². The van der Waals surface area contributed by atoms with Crippen LogP contribution in [0.5, 0.6) is 0 Å². The van der Waals surface area contributed by atoms with Gasteiger partial charge in [-0.1, -0.05) is 23.1 Å². The van der Waals surface area contributed by atoms with Gasteiger partial charge in [0.1, 0.15) is 0 Å². The van der Waals surface area contributed by atoms with Gasteiger partial charge in [-0.15, -0.1) is 10.2 Å². The van der Waals surface area contributed by atoms with Crippen molar-refractivity contribution in [2.45, 2.75) is 11.3 Å². The Kier molecular flexibility index (Phi) is 5.92. The molecule has 10 heteroatoms. The number of thioether (sulfide) groups is 1. The maximum atomic E-state index is 12.3. The third-order valence-corrected chi connectivity index (χ3v) is 5.70. The monoisotopic (exact) mass is 381 g/mol. The van der Waals surface area contributed by atoms with Crippen molar-refractivity contribution in [3.05, 3.63) is 24.2 Å². The first-order chi connectivity index (χ1) is 12.2. The summed E-state index contributed by atoms with van der Waals surface area (Å²) >= 11 is 2.84. The first-order valence-corrected chi connectivity index (χ1v) is 9.78. The molecule has 1 saturated heterocycles. The van der Waals surface area contributed by atoms with E-state index in [9.17, 15) is 9.59 Å². The first-order valence-electron chi connectivity index (χ1n) is 7.98. The molecule has 1 aliphatic heterocycles. The number of anilines is 1. The second-order valence-corrected chi connectivity index (χ2v) is 7.54. The van der Waals surface area contributed by atoms with Crippen molar-refractivity contribution in [2.24, 2.45) is 0 Å². The number of carbonyl (C=O) groups is 2. The largest absolute Gasteiger partial charge is 0.459 e. The number of furan rings is 1. The van der Waals surface area contributed by atoms with Crippen LogP contribution in [-0.4, -0.2) is 70.3 Å². The van der Waals surface area contributed by atoms with Crippen molar-refractivity contribution in [1.29, 1.82) is 0 Å². The van der Waals surface area contributed by atoms with Crippen LogP contribution >= 0.6 is 23.1 Å². The van der Waals surface area contributed by atoms with Crippen molar-refractivity contribution in [3.8, 4) is 0 Å². The Bertz CT molecular complexity index is 711. The molecule has 0 atom stereocenters. The molecule has 3 heterocycles. The summed E-state index contributed by atoms with van der Waals surface area (Å²) in [4.78, 5) is 28.0. The SMILES string of the molecule is CCNc1nnc(SCC(=O)N2CCN(C(=O)c3ccco3)CC2)s1. The van der Waals surface area contributed by atoms with Crippen molar-refractivity contribution in [1.82, 2.24) is 20.0 Å². The number of amides is 2. The summed E-state index contributed by atoms with van der Waals surface area (Å²) in [5.74, 6) is 0.585. The Labute approximate surface area is 153 Å². The molecule has 2 aromatic rings. The standard InChI is InChI=1S/C15H19N5O3S2/c1-2-16-14-17-18-15(25-14)24-10-12(21)19-5-7-20(8-6-19)13(22)11-4-3-9-23-11/h3-4,9H,2,5-8,10H2,1H3,(H,16,17). The number of nitrogens with one attached hydrogen (secondary N) is 1. The zero-order valence-electron chi connectivity index (χ0n) is 13.8. The van der Waals surface area contributed by atoms with E-state index in [1.807, 2.05) is 6.92 Å². The summed E-state index contributed by atoms with van der Waals surface area (Å²) < 4.78 is 5.91. The molecule has 0 radical (unpaired) electrons. The molecular formula is C15H19N5O3S2. The maximum absolute atomic E-state index is 12.3. The lowest BCUT2D eigenvalue weighted by Gasteiger charge is -2.34. The molecule has 0 unspecified atom stereocenters. The minimum atomic E-state index is -0.128. The van der Waals surface area contributed by atoms with E-state index in [0.717, 1.165) is 16.0 Å². The minimum absolute atomic E-state index is 0.0512. The van der Waals surface area contributed by atoms with Crippen LogP contribution in [0.15, 0.2) is 27.2 Å². The van der Waals surface area contributed by atoms with E-state index in [0.29, 0.717) is 37.7 Å². The van der Waals surface area contributed by atoms with Crippen molar-refractivity contribution in [3.63, 3.8) is 0 Å². The van der Waals surface area contributed by atoms with Gasteiger partial charge in [-0.05, 0) is 19.1 Å². The Morgan fingerprint density at radius 3 is 2.72 bits per heavy atom. The summed E-state index contributed by atoms with van der Waals surface area (Å²) in [5, 5.41) is 11.9. The zero-order valence-corrected chi connectivity index (χ0v) is 15.4. The van der Waals surface area contributed by atoms with Gasteiger partial charge in [-0.25, -0.2) is 0 Å². The Hall–Kier alpha value is -2.07. The fraction of sp³-hybridized carbons (Fsp3) is 0.467. The molecule has 25 heavy (non-hydrogen) atoms. The molecule has 1 fully saturated rings. The second-order valence-electron chi connectivity index (χ2n) is 5.34. The van der Waals surface area contributed by atoms with Crippen molar-refractivity contribution in [2.75, 3.05) is 43.8 Å². The summed E-state index contributed by atoms with van der Waals surface area (Å²) in [6.45, 7) is 4.88. The van der Waals surface area contributed by atoms with E-state index < -0.39 is 0 Å². The molecule has 8 nitrogen and oxygen atoms in total. The number of piperazine rings is 1. The van der Waals surface area contributed by atoms with Crippen LogP contribution in [0.4, 0.5) is 5.13 Å². The third kappa shape index (κ3) is 4.51. The topological polar surface area (TPSA) is 91.6 Å². The molecule has 0 aromatic carbocycles. The number of hydrogen-bond acceptors (Lipinski definition) is 8. The molecule has 2 aromatic heterocycles. The van der Waals surface area contributed by atoms with E-state index in [2.05, 4.69) is 15.5 Å². The lowest BCUT2D eigenvalue weighted by molar-refractivity contribution is -0.129. The number of hydrogen-bond donors (Lipinski definition) is 1. The highest BCUT2D eigenvalue weighted by Crippen LogP contribution is 2.25. The van der Waals surface area contributed by atoms with Gasteiger partial charge in [0.25, 0.3) is 5.91 Å². The van der Waals surface area contributed by atoms with E-state index in [4.69, 9.17) is 4.42 Å². The average molecular weight is 381 g/mol. The van der Waals surface area contributed by atoms with Gasteiger partial charge in [-0.3, -0.25) is 9.59 Å². The molecule has 0 spiro atoms. The molecule has 3 rings (SSSR count). The molecule has 134 valence electrons. The number of carbonyl (C=O) groups excluding carboxylic acids is 2. The van der Waals surface area contributed by atoms with E-state index >= 15 is 0 Å². The summed E-state index contributed by atoms with van der Waals surface area (Å²) in [7, 11) is 0. The van der Waals surface area contributed by atoms with Crippen LogP contribution in [-0.2, 0) is 4.79 Å². The predicted molar refractivity (Wildman–Crippen MR) is 96.0 cm³/mol. The summed E-state index contributed by atoms with van der Waals surface area (Å²) in [5.41, 5.74) is 0. The molecule has 2 amide bonds. The normalized spacial score (nSPS) is 14.6. The fourth-order valence-electron chi connectivity index (χ4n) is 2.42. The molecule has 0 saturated carbocycles. The second kappa shape index (κ2) is 8.34. The maximum Gasteiger partial charge on any atom is 0.289 e. The van der Waals surface area contributed by atoms with Gasteiger partial charge in [0, 0.05) is 32.7 Å². The summed E-state index contributed by atoms with van der Waals surface area (Å²) in [6.07, 6.45) is 1.49. The van der Waals surface area contributed by atoms with Crippen molar-refractivity contribution < 1.29 is 14.0 Å². The van der Waals surface area contributed by atoms with Crippen molar-refractivity contribution >= 4 is 40.0 Å². The van der Waals surface area contributed by atoms with E-state index in [1.165, 1.54) is 29.4 Å². The van der Waals surface area contributed by atoms with Gasteiger partial charge < -0.3 is 19.5 Å². The smallest absolute Gasteiger partial charge is 0.289 e. The van der Waals surface area contributed by atoms with Gasteiger partial charge in [-0.2, -0.15) is 0 Å². The molecular weight excluding hydrogens is 362 g/mol. The van der Waals surface area contributed by atoms with Crippen LogP contribution in [0.2, 0.25) is 0 Å². The van der Waals surface area contributed by atoms with Gasteiger partial charge in [0.05, 0.1) is 12.0 Å². The van der Waals surface area contributed by atoms with Crippen LogP contribution in [0.3, 0.4) is 0 Å². The number of aromatic nitrogens is 2. The average Bonchev–Trinajstić information content (AvgIpc) is 3.31. The molecule has 0 aliphatic carbocycles. The Morgan fingerprint density at radius 1 is 1.28 bits per heavy atom. The molecule has 1 N–H and O–H groups in total. The van der Waals surface area contributed by atoms with Crippen LogP contribution in [0.1, 0.15) is 17.5 Å². The highest BCUT2D eigenvalue weighted by atomic mass is 32.2. The van der Waals surface area contributed by atoms with E-state index in [-0.39, 0.29) is 11.8 Å².